The lowest BCUT2D eigenvalue weighted by Crippen LogP contribution is -2.47. The first-order valence-electron chi connectivity index (χ1n) is 5.65. The molecular weight excluding hydrogens is 202 g/mol. The summed E-state index contributed by atoms with van der Waals surface area (Å²) in [6.07, 6.45) is 1.74. The van der Waals surface area contributed by atoms with Crippen molar-refractivity contribution in [2.75, 3.05) is 26.2 Å². The lowest BCUT2D eigenvalue weighted by atomic mass is 10.1. The molecule has 1 unspecified atom stereocenters. The van der Waals surface area contributed by atoms with Gasteiger partial charge in [-0.25, -0.2) is 0 Å². The highest BCUT2D eigenvalue weighted by atomic mass is 16.1. The van der Waals surface area contributed by atoms with Crippen LogP contribution in [0.25, 0.3) is 0 Å². The van der Waals surface area contributed by atoms with Gasteiger partial charge in [0.15, 0.2) is 5.78 Å². The number of Topliss-reactive ketones (excluding diaryl/α,β-unsaturated/α-hetero) is 1. The zero-order chi connectivity index (χ0) is 11.4. The van der Waals surface area contributed by atoms with Crippen molar-refractivity contribution in [2.45, 2.75) is 13.0 Å². The second-order valence-corrected chi connectivity index (χ2v) is 4.05. The smallest absolute Gasteiger partial charge is 0.153 e. The minimum atomic E-state index is -0.178. The molecule has 0 amide bonds. The van der Waals surface area contributed by atoms with Gasteiger partial charge in [-0.2, -0.15) is 0 Å². The largest absolute Gasteiger partial charge is 0.314 e. The van der Waals surface area contributed by atoms with Crippen LogP contribution in [0.3, 0.4) is 0 Å². The second kappa shape index (κ2) is 5.18. The van der Waals surface area contributed by atoms with Crippen LogP contribution in [0.5, 0.6) is 0 Å². The minimum Gasteiger partial charge on any atom is -0.314 e. The predicted molar refractivity (Wildman–Crippen MR) is 62.1 cm³/mol. The molecule has 1 aromatic rings. The number of piperazine rings is 1. The highest BCUT2D eigenvalue weighted by Gasteiger charge is 2.26. The van der Waals surface area contributed by atoms with Crippen LogP contribution in [0.2, 0.25) is 0 Å². The van der Waals surface area contributed by atoms with Crippen LogP contribution < -0.4 is 5.32 Å². The number of carbonyl (C=O) groups excluding carboxylic acids is 1. The maximum Gasteiger partial charge on any atom is 0.153 e. The van der Waals surface area contributed by atoms with Crippen LogP contribution in [0, 0.1) is 0 Å². The van der Waals surface area contributed by atoms with Crippen LogP contribution >= 0.6 is 0 Å². The Labute approximate surface area is 95.7 Å². The summed E-state index contributed by atoms with van der Waals surface area (Å²) in [5, 5.41) is 3.29. The van der Waals surface area contributed by atoms with Crippen molar-refractivity contribution in [3.63, 3.8) is 0 Å². The molecule has 4 nitrogen and oxygen atoms in total. The Balaban J connectivity index is 2.20. The lowest BCUT2D eigenvalue weighted by molar-refractivity contribution is -0.122. The third kappa shape index (κ3) is 2.46. The van der Waals surface area contributed by atoms with Crippen LogP contribution in [-0.4, -0.2) is 41.8 Å². The molecule has 4 heteroatoms. The lowest BCUT2D eigenvalue weighted by Gasteiger charge is -2.33. The fourth-order valence-electron chi connectivity index (χ4n) is 2.13. The van der Waals surface area contributed by atoms with E-state index in [1.54, 1.807) is 13.1 Å². The van der Waals surface area contributed by atoms with Gasteiger partial charge in [-0.05, 0) is 19.1 Å². The highest BCUT2D eigenvalue weighted by Crippen LogP contribution is 2.19. The van der Waals surface area contributed by atoms with Crippen molar-refractivity contribution < 1.29 is 4.79 Å². The molecule has 0 aliphatic carbocycles. The molecule has 1 atom stereocenters. The van der Waals surface area contributed by atoms with Gasteiger partial charge in [0.1, 0.15) is 6.04 Å². The monoisotopic (exact) mass is 219 g/mol. The number of nitrogens with one attached hydrogen (secondary N) is 1. The molecule has 2 heterocycles. The molecule has 86 valence electrons. The standard InChI is InChI=1S/C12H17N3O/c1-10(16)12(11-4-2-3-5-14-11)15-8-6-13-7-9-15/h2-5,12-13H,6-9H2,1H3. The van der Waals surface area contributed by atoms with Crippen molar-refractivity contribution >= 4 is 5.78 Å². The summed E-state index contributed by atoms with van der Waals surface area (Å²) in [5.41, 5.74) is 0.858. The maximum atomic E-state index is 11.7. The van der Waals surface area contributed by atoms with Crippen LogP contribution in [0.1, 0.15) is 18.7 Å². The number of hydrogen-bond acceptors (Lipinski definition) is 4. The summed E-state index contributed by atoms with van der Waals surface area (Å²) in [4.78, 5) is 18.2. The summed E-state index contributed by atoms with van der Waals surface area (Å²) in [7, 11) is 0. The highest BCUT2D eigenvalue weighted by molar-refractivity contribution is 5.82. The van der Waals surface area contributed by atoms with Gasteiger partial charge in [0.05, 0.1) is 5.69 Å². The fraction of sp³-hybridized carbons (Fsp3) is 0.500. The topological polar surface area (TPSA) is 45.2 Å². The Morgan fingerprint density at radius 1 is 1.44 bits per heavy atom. The number of rotatable bonds is 3. The molecule has 1 aromatic heterocycles. The van der Waals surface area contributed by atoms with Crippen LogP contribution in [-0.2, 0) is 4.79 Å². The summed E-state index contributed by atoms with van der Waals surface area (Å²) in [6.45, 7) is 5.33. The summed E-state index contributed by atoms with van der Waals surface area (Å²) >= 11 is 0. The van der Waals surface area contributed by atoms with Gasteiger partial charge >= 0.3 is 0 Å². The van der Waals surface area contributed by atoms with Gasteiger partial charge in [0.25, 0.3) is 0 Å². The number of carbonyl (C=O) groups is 1. The van der Waals surface area contributed by atoms with Crippen molar-refractivity contribution in [1.29, 1.82) is 0 Å². The average Bonchev–Trinajstić information content (AvgIpc) is 2.31. The number of aromatic nitrogens is 1. The second-order valence-electron chi connectivity index (χ2n) is 4.05. The Kier molecular flexibility index (Phi) is 3.64. The maximum absolute atomic E-state index is 11.7. The average molecular weight is 219 g/mol. The molecule has 1 aliphatic heterocycles. The molecule has 0 saturated carbocycles. The van der Waals surface area contributed by atoms with Gasteiger partial charge < -0.3 is 5.32 Å². The molecule has 16 heavy (non-hydrogen) atoms. The van der Waals surface area contributed by atoms with Gasteiger partial charge in [-0.1, -0.05) is 6.07 Å². The fourth-order valence-corrected chi connectivity index (χ4v) is 2.13. The predicted octanol–water partition coefficient (Wildman–Crippen LogP) is 0.617. The van der Waals surface area contributed by atoms with Crippen molar-refractivity contribution in [3.05, 3.63) is 30.1 Å². The zero-order valence-corrected chi connectivity index (χ0v) is 9.52. The molecule has 1 fully saturated rings. The van der Waals surface area contributed by atoms with Gasteiger partial charge in [0.2, 0.25) is 0 Å². The van der Waals surface area contributed by atoms with Crippen molar-refractivity contribution in [3.8, 4) is 0 Å². The molecular formula is C12H17N3O. The molecule has 0 spiro atoms. The van der Waals surface area contributed by atoms with Gasteiger partial charge in [0, 0.05) is 32.4 Å². The Bertz CT molecular complexity index is 347. The molecule has 1 aliphatic rings. The van der Waals surface area contributed by atoms with Gasteiger partial charge in [-0.3, -0.25) is 14.7 Å². The van der Waals surface area contributed by atoms with Crippen molar-refractivity contribution in [2.24, 2.45) is 0 Å². The van der Waals surface area contributed by atoms with E-state index in [-0.39, 0.29) is 11.8 Å². The third-order valence-corrected chi connectivity index (χ3v) is 2.87. The van der Waals surface area contributed by atoms with Crippen molar-refractivity contribution in [1.82, 2.24) is 15.2 Å². The van der Waals surface area contributed by atoms with E-state index in [4.69, 9.17) is 0 Å². The van der Waals surface area contributed by atoms with E-state index in [0.717, 1.165) is 31.9 Å². The number of pyridine rings is 1. The van der Waals surface area contributed by atoms with E-state index in [2.05, 4.69) is 15.2 Å². The Hall–Kier alpha value is -1.26. The van der Waals surface area contributed by atoms with E-state index < -0.39 is 0 Å². The number of ketones is 1. The minimum absolute atomic E-state index is 0.167. The quantitative estimate of drug-likeness (QED) is 0.809. The van der Waals surface area contributed by atoms with E-state index in [1.165, 1.54) is 0 Å². The molecule has 1 saturated heterocycles. The van der Waals surface area contributed by atoms with E-state index in [1.807, 2.05) is 18.2 Å². The first-order valence-corrected chi connectivity index (χ1v) is 5.65. The van der Waals surface area contributed by atoms with Crippen LogP contribution in [0.15, 0.2) is 24.4 Å². The van der Waals surface area contributed by atoms with Crippen LogP contribution in [0.4, 0.5) is 0 Å². The number of nitrogens with zero attached hydrogens (tertiary/aromatic N) is 2. The third-order valence-electron chi connectivity index (χ3n) is 2.87. The molecule has 1 N–H and O–H groups in total. The first kappa shape index (κ1) is 11.2. The van der Waals surface area contributed by atoms with E-state index in [0.29, 0.717) is 0 Å². The molecule has 0 radical (unpaired) electrons. The Morgan fingerprint density at radius 3 is 2.75 bits per heavy atom. The molecule has 2 rings (SSSR count). The normalized spacial score (nSPS) is 19.3. The molecule has 0 aromatic carbocycles. The van der Waals surface area contributed by atoms with E-state index in [9.17, 15) is 4.79 Å². The Morgan fingerprint density at radius 2 is 2.19 bits per heavy atom. The van der Waals surface area contributed by atoms with Gasteiger partial charge in [-0.15, -0.1) is 0 Å². The zero-order valence-electron chi connectivity index (χ0n) is 9.52. The summed E-state index contributed by atoms with van der Waals surface area (Å²) in [6, 6.07) is 5.55. The SMILES string of the molecule is CC(=O)C(c1ccccn1)N1CCNCC1. The number of hydrogen-bond donors (Lipinski definition) is 1. The molecule has 0 bridgehead atoms. The summed E-state index contributed by atoms with van der Waals surface area (Å²) < 4.78 is 0. The first-order chi connectivity index (χ1) is 7.79. The summed E-state index contributed by atoms with van der Waals surface area (Å²) in [5.74, 6) is 0.167. The van der Waals surface area contributed by atoms with E-state index >= 15 is 0 Å².